The van der Waals surface area contributed by atoms with Crippen LogP contribution in [0.15, 0.2) is 6.07 Å². The van der Waals surface area contributed by atoms with Gasteiger partial charge in [0, 0.05) is 45.6 Å². The van der Waals surface area contributed by atoms with Gasteiger partial charge in [0.25, 0.3) is 0 Å². The number of fused-ring (bicyclic) bond motifs is 1. The Morgan fingerprint density at radius 1 is 1.31 bits per heavy atom. The quantitative estimate of drug-likeness (QED) is 0.886. The van der Waals surface area contributed by atoms with Gasteiger partial charge in [0.05, 0.1) is 17.9 Å². The number of nitrogens with zero attached hydrogens (tertiary/aromatic N) is 6. The number of carbonyl (C=O) groups excluding carboxylic acids is 1. The maximum Gasteiger partial charge on any atom is 0.217 e. The Morgan fingerprint density at radius 3 is 2.88 bits per heavy atom. The zero-order valence-electron chi connectivity index (χ0n) is 15.8. The lowest BCUT2D eigenvalue weighted by Crippen LogP contribution is -2.43. The number of hydrogen-bond acceptors (Lipinski definition) is 5. The van der Waals surface area contributed by atoms with Gasteiger partial charge >= 0.3 is 0 Å². The van der Waals surface area contributed by atoms with E-state index in [2.05, 4.69) is 47.9 Å². The highest BCUT2D eigenvalue weighted by Crippen LogP contribution is 2.35. The second kappa shape index (κ2) is 6.83. The molecule has 2 aromatic rings. The second-order valence-electron chi connectivity index (χ2n) is 7.66. The van der Waals surface area contributed by atoms with Gasteiger partial charge in [0.1, 0.15) is 11.6 Å². The van der Waals surface area contributed by atoms with Gasteiger partial charge in [-0.2, -0.15) is 5.10 Å². The predicted molar refractivity (Wildman–Crippen MR) is 96.3 cm³/mol. The van der Waals surface area contributed by atoms with E-state index < -0.39 is 0 Å². The topological polar surface area (TPSA) is 80.9 Å². The normalized spacial score (nSPS) is 23.2. The van der Waals surface area contributed by atoms with Crippen LogP contribution in [0.4, 0.5) is 0 Å². The van der Waals surface area contributed by atoms with Gasteiger partial charge in [-0.3, -0.25) is 14.4 Å². The zero-order chi connectivity index (χ0) is 18.3. The molecule has 0 saturated heterocycles. The molecule has 1 fully saturated rings. The van der Waals surface area contributed by atoms with Gasteiger partial charge in [-0.15, -0.1) is 10.2 Å². The molecule has 4 rings (SSSR count). The van der Waals surface area contributed by atoms with Crippen molar-refractivity contribution in [3.05, 3.63) is 29.1 Å². The maximum absolute atomic E-state index is 11.1. The first-order chi connectivity index (χ1) is 12.5. The second-order valence-corrected chi connectivity index (χ2v) is 7.66. The van der Waals surface area contributed by atoms with Crippen LogP contribution >= 0.6 is 0 Å². The van der Waals surface area contributed by atoms with Crippen LogP contribution in [-0.4, -0.2) is 47.9 Å². The summed E-state index contributed by atoms with van der Waals surface area (Å²) in [6, 6.07) is 2.46. The van der Waals surface area contributed by atoms with Crippen molar-refractivity contribution in [2.24, 2.45) is 7.05 Å². The summed E-state index contributed by atoms with van der Waals surface area (Å²) in [5, 5.41) is 16.4. The van der Waals surface area contributed by atoms with E-state index in [-0.39, 0.29) is 11.9 Å². The van der Waals surface area contributed by atoms with Gasteiger partial charge in [-0.05, 0) is 32.3 Å². The Morgan fingerprint density at radius 2 is 2.12 bits per heavy atom. The van der Waals surface area contributed by atoms with E-state index in [1.165, 1.54) is 5.69 Å². The fourth-order valence-electron chi connectivity index (χ4n) is 4.11. The minimum Gasteiger partial charge on any atom is -0.354 e. The summed E-state index contributed by atoms with van der Waals surface area (Å²) in [6.07, 6.45) is 3.00. The molecule has 140 valence electrons. The lowest BCUT2D eigenvalue weighted by atomic mass is 9.79. The molecule has 8 heteroatoms. The average molecular weight is 357 g/mol. The third kappa shape index (κ3) is 3.38. The monoisotopic (exact) mass is 357 g/mol. The van der Waals surface area contributed by atoms with Crippen LogP contribution in [0.2, 0.25) is 0 Å². The molecule has 1 aliphatic carbocycles. The highest BCUT2D eigenvalue weighted by atomic mass is 16.1. The van der Waals surface area contributed by atoms with Gasteiger partial charge in [0.15, 0.2) is 0 Å². The number of amides is 1. The van der Waals surface area contributed by atoms with E-state index in [0.717, 1.165) is 62.8 Å². The van der Waals surface area contributed by atoms with Gasteiger partial charge in [0.2, 0.25) is 5.91 Å². The maximum atomic E-state index is 11.1. The SMILES string of the molecule is CC(=O)NC1CC(c2nnc(CN3CCCn4nc(C)cc4C3)n2C)C1. The summed E-state index contributed by atoms with van der Waals surface area (Å²) in [7, 11) is 2.06. The molecule has 1 saturated carbocycles. The molecule has 1 N–H and O–H groups in total. The summed E-state index contributed by atoms with van der Waals surface area (Å²) in [4.78, 5) is 13.6. The smallest absolute Gasteiger partial charge is 0.217 e. The average Bonchev–Trinajstić information content (AvgIpc) is 3.00. The van der Waals surface area contributed by atoms with E-state index in [1.54, 1.807) is 6.92 Å². The Hall–Kier alpha value is -2.22. The van der Waals surface area contributed by atoms with Crippen LogP contribution in [0.1, 0.15) is 55.1 Å². The number of hydrogen-bond donors (Lipinski definition) is 1. The molecule has 0 aromatic carbocycles. The molecule has 2 aliphatic rings. The number of carbonyl (C=O) groups is 1. The first-order valence-electron chi connectivity index (χ1n) is 9.40. The largest absolute Gasteiger partial charge is 0.354 e. The third-order valence-electron chi connectivity index (χ3n) is 5.49. The number of rotatable bonds is 4. The molecule has 0 spiro atoms. The highest BCUT2D eigenvalue weighted by Gasteiger charge is 2.34. The van der Waals surface area contributed by atoms with Crippen molar-refractivity contribution in [1.29, 1.82) is 0 Å². The molecule has 0 radical (unpaired) electrons. The van der Waals surface area contributed by atoms with Crippen molar-refractivity contribution in [2.45, 2.75) is 64.7 Å². The van der Waals surface area contributed by atoms with E-state index >= 15 is 0 Å². The molecule has 26 heavy (non-hydrogen) atoms. The Bertz CT molecular complexity index is 803. The molecule has 3 heterocycles. The summed E-state index contributed by atoms with van der Waals surface area (Å²) in [5.41, 5.74) is 2.36. The van der Waals surface area contributed by atoms with Gasteiger partial charge in [-0.25, -0.2) is 0 Å². The number of aryl methyl sites for hydroxylation is 2. The van der Waals surface area contributed by atoms with Crippen molar-refractivity contribution in [3.63, 3.8) is 0 Å². The molecule has 0 unspecified atom stereocenters. The Kier molecular flexibility index (Phi) is 4.52. The van der Waals surface area contributed by atoms with Gasteiger partial charge < -0.3 is 9.88 Å². The first kappa shape index (κ1) is 17.2. The molecular formula is C18H27N7O. The van der Waals surface area contributed by atoms with Crippen molar-refractivity contribution in [2.75, 3.05) is 6.54 Å². The van der Waals surface area contributed by atoms with Crippen LogP contribution in [0.25, 0.3) is 0 Å². The Balaban J connectivity index is 1.40. The number of aromatic nitrogens is 5. The van der Waals surface area contributed by atoms with Crippen molar-refractivity contribution in [1.82, 2.24) is 34.8 Å². The predicted octanol–water partition coefficient (Wildman–Crippen LogP) is 1.11. The van der Waals surface area contributed by atoms with Crippen LogP contribution in [0, 0.1) is 6.92 Å². The zero-order valence-corrected chi connectivity index (χ0v) is 15.8. The van der Waals surface area contributed by atoms with Gasteiger partial charge in [-0.1, -0.05) is 0 Å². The van der Waals surface area contributed by atoms with Crippen molar-refractivity contribution >= 4 is 5.91 Å². The third-order valence-corrected chi connectivity index (χ3v) is 5.49. The van der Waals surface area contributed by atoms with Crippen LogP contribution in [-0.2, 0) is 31.5 Å². The van der Waals surface area contributed by atoms with Crippen LogP contribution < -0.4 is 5.32 Å². The van der Waals surface area contributed by atoms with Crippen LogP contribution in [0.5, 0.6) is 0 Å². The summed E-state index contributed by atoms with van der Waals surface area (Å²) < 4.78 is 4.27. The fourth-order valence-corrected chi connectivity index (χ4v) is 4.11. The van der Waals surface area contributed by atoms with E-state index in [9.17, 15) is 4.79 Å². The fraction of sp³-hybridized carbons (Fsp3) is 0.667. The molecule has 8 nitrogen and oxygen atoms in total. The lowest BCUT2D eigenvalue weighted by molar-refractivity contribution is -0.120. The molecule has 1 aliphatic heterocycles. The van der Waals surface area contributed by atoms with Crippen LogP contribution in [0.3, 0.4) is 0 Å². The minimum absolute atomic E-state index is 0.0442. The molecule has 1 amide bonds. The summed E-state index contributed by atoms with van der Waals surface area (Å²) >= 11 is 0. The molecule has 0 bridgehead atoms. The first-order valence-corrected chi connectivity index (χ1v) is 9.40. The van der Waals surface area contributed by atoms with Crippen molar-refractivity contribution < 1.29 is 4.79 Å². The summed E-state index contributed by atoms with van der Waals surface area (Å²) in [5.74, 6) is 2.49. The van der Waals surface area contributed by atoms with E-state index in [1.807, 2.05) is 6.92 Å². The minimum atomic E-state index is 0.0442. The molecule has 0 atom stereocenters. The molecular weight excluding hydrogens is 330 g/mol. The van der Waals surface area contributed by atoms with E-state index in [0.29, 0.717) is 5.92 Å². The highest BCUT2D eigenvalue weighted by molar-refractivity contribution is 5.73. The van der Waals surface area contributed by atoms with E-state index in [4.69, 9.17) is 0 Å². The van der Waals surface area contributed by atoms with Crippen molar-refractivity contribution in [3.8, 4) is 0 Å². The Labute approximate surface area is 153 Å². The number of nitrogens with one attached hydrogen (secondary N) is 1. The summed E-state index contributed by atoms with van der Waals surface area (Å²) in [6.45, 7) is 7.34. The molecule has 2 aromatic heterocycles. The lowest BCUT2D eigenvalue weighted by Gasteiger charge is -2.34. The standard InChI is InChI=1S/C18H27N7O/c1-12-7-16-10-24(5-4-6-25(16)22-12)11-17-20-21-18(23(17)3)14-8-15(9-14)19-13(2)26/h7,14-15H,4-6,8-11H2,1-3H3,(H,19,26).